The number of morpholine rings is 1. The van der Waals surface area contributed by atoms with Crippen LogP contribution in [-0.2, 0) is 11.2 Å². The second-order valence-corrected chi connectivity index (χ2v) is 4.68. The summed E-state index contributed by atoms with van der Waals surface area (Å²) in [5.41, 5.74) is 0.997. The van der Waals surface area contributed by atoms with Crippen molar-refractivity contribution in [3.8, 4) is 0 Å². The molecule has 2 heterocycles. The molecule has 1 aromatic heterocycles. The Bertz CT molecular complexity index is 527. The number of oxazole rings is 1. The SMILES string of the molecule is Fc1cc2oc(CC3COCCN3)nc2cc1Cl. The maximum absolute atomic E-state index is 13.3. The molecule has 1 saturated heterocycles. The molecule has 0 saturated carbocycles. The predicted molar refractivity (Wildman–Crippen MR) is 65.3 cm³/mol. The fraction of sp³-hybridized carbons (Fsp3) is 0.417. The Morgan fingerprint density at radius 2 is 2.39 bits per heavy atom. The largest absolute Gasteiger partial charge is 0.441 e. The predicted octanol–water partition coefficient (Wildman–Crippen LogP) is 2.15. The zero-order valence-corrected chi connectivity index (χ0v) is 10.3. The molecule has 3 rings (SSSR count). The van der Waals surface area contributed by atoms with Crippen LogP contribution in [-0.4, -0.2) is 30.8 Å². The van der Waals surface area contributed by atoms with Gasteiger partial charge in [-0.2, -0.15) is 0 Å². The van der Waals surface area contributed by atoms with Crippen molar-refractivity contribution in [1.82, 2.24) is 10.3 Å². The van der Waals surface area contributed by atoms with Crippen molar-refractivity contribution in [3.05, 3.63) is 28.9 Å². The lowest BCUT2D eigenvalue weighted by molar-refractivity contribution is 0.0751. The summed E-state index contributed by atoms with van der Waals surface area (Å²) in [6, 6.07) is 2.93. The molecule has 0 radical (unpaired) electrons. The van der Waals surface area contributed by atoms with Crippen LogP contribution >= 0.6 is 11.6 Å². The number of aromatic nitrogens is 1. The highest BCUT2D eigenvalue weighted by molar-refractivity contribution is 6.31. The number of nitrogens with one attached hydrogen (secondary N) is 1. The topological polar surface area (TPSA) is 47.3 Å². The van der Waals surface area contributed by atoms with Gasteiger partial charge < -0.3 is 14.5 Å². The van der Waals surface area contributed by atoms with Gasteiger partial charge in [-0.05, 0) is 6.07 Å². The van der Waals surface area contributed by atoms with Crippen molar-refractivity contribution in [3.63, 3.8) is 0 Å². The Hall–Kier alpha value is -1.17. The van der Waals surface area contributed by atoms with Crippen LogP contribution in [0.5, 0.6) is 0 Å². The second-order valence-electron chi connectivity index (χ2n) is 4.27. The van der Waals surface area contributed by atoms with Crippen LogP contribution in [0.4, 0.5) is 4.39 Å². The summed E-state index contributed by atoms with van der Waals surface area (Å²) in [5, 5.41) is 3.37. The van der Waals surface area contributed by atoms with Gasteiger partial charge in [0.05, 0.1) is 18.2 Å². The third-order valence-corrected chi connectivity index (χ3v) is 3.18. The molecule has 1 aliphatic heterocycles. The normalized spacial score (nSPS) is 20.4. The molecule has 1 unspecified atom stereocenters. The zero-order valence-electron chi connectivity index (χ0n) is 9.58. The highest BCUT2D eigenvalue weighted by Gasteiger charge is 2.17. The van der Waals surface area contributed by atoms with E-state index in [9.17, 15) is 4.39 Å². The van der Waals surface area contributed by atoms with Gasteiger partial charge in [0.15, 0.2) is 11.5 Å². The number of halogens is 2. The number of benzene rings is 1. The van der Waals surface area contributed by atoms with E-state index in [2.05, 4.69) is 10.3 Å². The standard InChI is InChI=1S/C12H12ClFN2O2/c13-8-4-10-11(5-9(8)14)18-12(16-10)3-7-6-17-2-1-15-7/h4-5,7,15H,1-3,6H2. The van der Waals surface area contributed by atoms with Crippen LogP contribution in [0.1, 0.15) is 5.89 Å². The van der Waals surface area contributed by atoms with Crippen LogP contribution in [0.25, 0.3) is 11.1 Å². The van der Waals surface area contributed by atoms with Crippen LogP contribution in [0.15, 0.2) is 16.5 Å². The minimum absolute atomic E-state index is 0.0569. The van der Waals surface area contributed by atoms with Crippen LogP contribution in [0.3, 0.4) is 0 Å². The first-order chi connectivity index (χ1) is 8.72. The molecule has 2 aromatic rings. The van der Waals surface area contributed by atoms with Crippen LogP contribution in [0.2, 0.25) is 5.02 Å². The van der Waals surface area contributed by atoms with Gasteiger partial charge in [-0.25, -0.2) is 9.37 Å². The summed E-state index contributed by atoms with van der Waals surface area (Å²) in [6.45, 7) is 2.18. The number of fused-ring (bicyclic) bond motifs is 1. The van der Waals surface area contributed by atoms with Gasteiger partial charge >= 0.3 is 0 Å². The van der Waals surface area contributed by atoms with E-state index in [1.54, 1.807) is 0 Å². The van der Waals surface area contributed by atoms with Crippen molar-refractivity contribution < 1.29 is 13.5 Å². The van der Waals surface area contributed by atoms with E-state index >= 15 is 0 Å². The average Bonchev–Trinajstić information content (AvgIpc) is 2.72. The number of rotatable bonds is 2. The third-order valence-electron chi connectivity index (χ3n) is 2.89. The average molecular weight is 271 g/mol. The summed E-state index contributed by atoms with van der Waals surface area (Å²) in [5.74, 6) is 0.0701. The second kappa shape index (κ2) is 4.84. The summed E-state index contributed by atoms with van der Waals surface area (Å²) >= 11 is 5.70. The maximum atomic E-state index is 13.3. The Labute approximate surface area is 108 Å². The molecular weight excluding hydrogens is 259 g/mol. The first kappa shape index (κ1) is 11.9. The van der Waals surface area contributed by atoms with Gasteiger partial charge in [0.2, 0.25) is 0 Å². The molecule has 96 valence electrons. The molecule has 1 atom stereocenters. The highest BCUT2D eigenvalue weighted by Crippen LogP contribution is 2.23. The molecule has 0 aliphatic carbocycles. The van der Waals surface area contributed by atoms with E-state index in [4.69, 9.17) is 20.8 Å². The molecule has 6 heteroatoms. The number of nitrogens with zero attached hydrogens (tertiary/aromatic N) is 1. The van der Waals surface area contributed by atoms with Crippen molar-refractivity contribution in [1.29, 1.82) is 0 Å². The molecule has 1 fully saturated rings. The van der Waals surface area contributed by atoms with Gasteiger partial charge in [-0.1, -0.05) is 11.6 Å². The Morgan fingerprint density at radius 1 is 1.50 bits per heavy atom. The Kier molecular flexibility index (Phi) is 3.20. The Balaban J connectivity index is 1.84. The molecule has 0 amide bonds. The first-order valence-electron chi connectivity index (χ1n) is 5.78. The third kappa shape index (κ3) is 2.34. The lowest BCUT2D eigenvalue weighted by Gasteiger charge is -2.22. The van der Waals surface area contributed by atoms with Crippen molar-refractivity contribution in [2.45, 2.75) is 12.5 Å². The van der Waals surface area contributed by atoms with E-state index in [1.165, 1.54) is 12.1 Å². The smallest absolute Gasteiger partial charge is 0.197 e. The maximum Gasteiger partial charge on any atom is 0.197 e. The van der Waals surface area contributed by atoms with Gasteiger partial charge in [0.1, 0.15) is 11.3 Å². The summed E-state index contributed by atoms with van der Waals surface area (Å²) < 4.78 is 24.1. The number of hydrogen-bond acceptors (Lipinski definition) is 4. The van der Waals surface area contributed by atoms with E-state index in [-0.39, 0.29) is 11.1 Å². The van der Waals surface area contributed by atoms with E-state index in [1.807, 2.05) is 0 Å². The van der Waals surface area contributed by atoms with Gasteiger partial charge in [0, 0.05) is 25.1 Å². The molecule has 1 N–H and O–H groups in total. The molecule has 1 aliphatic rings. The lowest BCUT2D eigenvalue weighted by atomic mass is 10.2. The zero-order chi connectivity index (χ0) is 12.5. The Morgan fingerprint density at radius 3 is 3.17 bits per heavy atom. The van der Waals surface area contributed by atoms with E-state index in [0.29, 0.717) is 30.0 Å². The summed E-state index contributed by atoms with van der Waals surface area (Å²) in [7, 11) is 0. The quantitative estimate of drug-likeness (QED) is 0.908. The van der Waals surface area contributed by atoms with Gasteiger partial charge in [-0.15, -0.1) is 0 Å². The van der Waals surface area contributed by atoms with Crippen molar-refractivity contribution in [2.75, 3.05) is 19.8 Å². The van der Waals surface area contributed by atoms with Gasteiger partial charge in [-0.3, -0.25) is 0 Å². The molecule has 0 spiro atoms. The van der Waals surface area contributed by atoms with E-state index in [0.717, 1.165) is 13.2 Å². The minimum atomic E-state index is -0.494. The molecule has 1 aromatic carbocycles. The summed E-state index contributed by atoms with van der Waals surface area (Å²) in [6.07, 6.45) is 0.619. The molecule has 4 nitrogen and oxygen atoms in total. The summed E-state index contributed by atoms with van der Waals surface area (Å²) in [4.78, 5) is 4.30. The fourth-order valence-electron chi connectivity index (χ4n) is 2.02. The van der Waals surface area contributed by atoms with Crippen LogP contribution in [0, 0.1) is 5.82 Å². The van der Waals surface area contributed by atoms with Crippen molar-refractivity contribution in [2.24, 2.45) is 0 Å². The van der Waals surface area contributed by atoms with Crippen LogP contribution < -0.4 is 5.32 Å². The van der Waals surface area contributed by atoms with Gasteiger partial charge in [0.25, 0.3) is 0 Å². The fourth-order valence-corrected chi connectivity index (χ4v) is 2.18. The van der Waals surface area contributed by atoms with Crippen molar-refractivity contribution >= 4 is 22.7 Å². The molecule has 0 bridgehead atoms. The first-order valence-corrected chi connectivity index (χ1v) is 6.16. The monoisotopic (exact) mass is 270 g/mol. The number of hydrogen-bond donors (Lipinski definition) is 1. The molecular formula is C12H12ClFN2O2. The number of ether oxygens (including phenoxy) is 1. The molecule has 18 heavy (non-hydrogen) atoms. The lowest BCUT2D eigenvalue weighted by Crippen LogP contribution is -2.42. The van der Waals surface area contributed by atoms with E-state index < -0.39 is 5.82 Å². The minimum Gasteiger partial charge on any atom is -0.441 e. The highest BCUT2D eigenvalue weighted by atomic mass is 35.5.